The molecular weight excluding hydrogens is 268 g/mol. The zero-order valence-electron chi connectivity index (χ0n) is 11.6. The summed E-state index contributed by atoms with van der Waals surface area (Å²) in [5, 5.41) is 2.07. The lowest BCUT2D eigenvalue weighted by atomic mass is 10.2. The summed E-state index contributed by atoms with van der Waals surface area (Å²) in [5.41, 5.74) is 7.71. The minimum atomic E-state index is 0.460. The van der Waals surface area contributed by atoms with E-state index >= 15 is 0 Å². The maximum Gasteiger partial charge on any atom is 0.226 e. The third-order valence-electron chi connectivity index (χ3n) is 3.64. The van der Waals surface area contributed by atoms with Crippen molar-refractivity contribution in [2.45, 2.75) is 32.2 Å². The minimum Gasteiger partial charge on any atom is -0.341 e. The lowest BCUT2D eigenvalue weighted by Crippen LogP contribution is -2.26. The summed E-state index contributed by atoms with van der Waals surface area (Å²) in [4.78, 5) is 12.9. The fourth-order valence-corrected chi connectivity index (χ4v) is 3.24. The van der Waals surface area contributed by atoms with Crippen molar-refractivity contribution in [1.82, 2.24) is 9.97 Å². The van der Waals surface area contributed by atoms with Gasteiger partial charge in [-0.25, -0.2) is 9.97 Å². The summed E-state index contributed by atoms with van der Waals surface area (Å²) in [7, 11) is 0. The van der Waals surface area contributed by atoms with Crippen LogP contribution in [0.5, 0.6) is 0 Å². The Morgan fingerprint density at radius 2 is 1.95 bits per heavy atom. The topological polar surface area (TPSA) is 55.0 Å². The van der Waals surface area contributed by atoms with Crippen LogP contribution < -0.4 is 10.6 Å². The Hall–Kier alpha value is -1.46. The lowest BCUT2D eigenvalue weighted by molar-refractivity contribution is 0.726. The van der Waals surface area contributed by atoms with Crippen molar-refractivity contribution >= 4 is 17.3 Å². The number of nitrogens with two attached hydrogens (primary N) is 1. The SMILES string of the molecule is NCc1cc(-c2cccs2)nc(N2CCCCCC2)n1. The number of hydrogen-bond donors (Lipinski definition) is 1. The highest BCUT2D eigenvalue weighted by atomic mass is 32.1. The molecule has 0 saturated carbocycles. The largest absolute Gasteiger partial charge is 0.341 e. The van der Waals surface area contributed by atoms with E-state index in [1.165, 1.54) is 30.6 Å². The molecule has 0 unspecified atom stereocenters. The maximum atomic E-state index is 5.80. The van der Waals surface area contributed by atoms with E-state index in [2.05, 4.69) is 27.4 Å². The van der Waals surface area contributed by atoms with E-state index in [0.717, 1.165) is 30.4 Å². The molecule has 0 atom stereocenters. The molecule has 5 heteroatoms. The normalized spacial score (nSPS) is 16.1. The Balaban J connectivity index is 1.95. The van der Waals surface area contributed by atoms with E-state index in [0.29, 0.717) is 6.54 Å². The zero-order chi connectivity index (χ0) is 13.8. The summed E-state index contributed by atoms with van der Waals surface area (Å²) < 4.78 is 0. The molecule has 0 bridgehead atoms. The van der Waals surface area contributed by atoms with Gasteiger partial charge in [0.1, 0.15) is 0 Å². The van der Waals surface area contributed by atoms with Crippen molar-refractivity contribution in [3.8, 4) is 10.6 Å². The van der Waals surface area contributed by atoms with Crippen LogP contribution in [0, 0.1) is 0 Å². The van der Waals surface area contributed by atoms with E-state index < -0.39 is 0 Å². The molecule has 20 heavy (non-hydrogen) atoms. The van der Waals surface area contributed by atoms with Crippen LogP contribution in [0.4, 0.5) is 5.95 Å². The number of anilines is 1. The first-order chi connectivity index (χ1) is 9.86. The van der Waals surface area contributed by atoms with Crippen LogP contribution in [-0.2, 0) is 6.54 Å². The quantitative estimate of drug-likeness (QED) is 0.943. The second kappa shape index (κ2) is 6.33. The summed E-state index contributed by atoms with van der Waals surface area (Å²) in [6.45, 7) is 2.57. The first kappa shape index (κ1) is 13.5. The summed E-state index contributed by atoms with van der Waals surface area (Å²) in [5.74, 6) is 0.846. The fourth-order valence-electron chi connectivity index (χ4n) is 2.55. The predicted octanol–water partition coefficient (Wildman–Crippen LogP) is 3.04. The van der Waals surface area contributed by atoms with Crippen LogP contribution in [0.2, 0.25) is 0 Å². The van der Waals surface area contributed by atoms with Crippen LogP contribution in [0.3, 0.4) is 0 Å². The Morgan fingerprint density at radius 1 is 1.15 bits per heavy atom. The van der Waals surface area contributed by atoms with Crippen molar-refractivity contribution in [3.05, 3.63) is 29.3 Å². The molecule has 1 aliphatic rings. The molecule has 2 aromatic rings. The van der Waals surface area contributed by atoms with Crippen LogP contribution in [0.1, 0.15) is 31.4 Å². The van der Waals surface area contributed by atoms with Gasteiger partial charge < -0.3 is 10.6 Å². The van der Waals surface area contributed by atoms with Gasteiger partial charge in [0.15, 0.2) is 0 Å². The molecule has 0 radical (unpaired) electrons. The zero-order valence-corrected chi connectivity index (χ0v) is 12.4. The van der Waals surface area contributed by atoms with E-state index in [-0.39, 0.29) is 0 Å². The van der Waals surface area contributed by atoms with Gasteiger partial charge in [0.25, 0.3) is 0 Å². The summed E-state index contributed by atoms with van der Waals surface area (Å²) in [6, 6.07) is 6.16. The van der Waals surface area contributed by atoms with Crippen LogP contribution in [0.25, 0.3) is 10.6 Å². The van der Waals surface area contributed by atoms with Gasteiger partial charge in [-0.05, 0) is 30.4 Å². The van der Waals surface area contributed by atoms with Crippen molar-refractivity contribution in [2.24, 2.45) is 5.73 Å². The molecule has 1 fully saturated rings. The molecule has 0 aliphatic carbocycles. The van der Waals surface area contributed by atoms with Crippen LogP contribution in [0.15, 0.2) is 23.6 Å². The standard InChI is InChI=1S/C15H20N4S/c16-11-12-10-13(14-6-5-9-20-14)18-15(17-12)19-7-3-1-2-4-8-19/h5-6,9-10H,1-4,7-8,11,16H2. The van der Waals surface area contributed by atoms with Crippen LogP contribution >= 0.6 is 11.3 Å². The fraction of sp³-hybridized carbons (Fsp3) is 0.467. The Morgan fingerprint density at radius 3 is 2.60 bits per heavy atom. The third kappa shape index (κ3) is 2.99. The lowest BCUT2D eigenvalue weighted by Gasteiger charge is -2.21. The summed E-state index contributed by atoms with van der Waals surface area (Å²) >= 11 is 1.71. The smallest absolute Gasteiger partial charge is 0.226 e. The van der Waals surface area contributed by atoms with Gasteiger partial charge in [0.2, 0.25) is 5.95 Å². The van der Waals surface area contributed by atoms with E-state index in [1.807, 2.05) is 6.07 Å². The average molecular weight is 288 g/mol. The number of nitrogens with zero attached hydrogens (tertiary/aromatic N) is 3. The molecule has 106 valence electrons. The number of aromatic nitrogens is 2. The molecule has 0 aromatic carbocycles. The van der Waals surface area contributed by atoms with Gasteiger partial charge in [0.05, 0.1) is 16.3 Å². The van der Waals surface area contributed by atoms with Crippen LogP contribution in [-0.4, -0.2) is 23.1 Å². The maximum absolute atomic E-state index is 5.80. The highest BCUT2D eigenvalue weighted by Crippen LogP contribution is 2.26. The second-order valence-electron chi connectivity index (χ2n) is 5.13. The first-order valence-corrected chi connectivity index (χ1v) is 8.11. The molecule has 3 rings (SSSR count). The van der Waals surface area contributed by atoms with Gasteiger partial charge in [-0.2, -0.15) is 0 Å². The van der Waals surface area contributed by atoms with Crippen molar-refractivity contribution in [2.75, 3.05) is 18.0 Å². The van der Waals surface area contributed by atoms with Gasteiger partial charge in [-0.15, -0.1) is 11.3 Å². The highest BCUT2D eigenvalue weighted by molar-refractivity contribution is 7.13. The molecule has 0 spiro atoms. The molecular formula is C15H20N4S. The van der Waals surface area contributed by atoms with Gasteiger partial charge in [0, 0.05) is 19.6 Å². The highest BCUT2D eigenvalue weighted by Gasteiger charge is 2.15. The van der Waals surface area contributed by atoms with E-state index in [4.69, 9.17) is 10.7 Å². The third-order valence-corrected chi connectivity index (χ3v) is 4.53. The number of thiophene rings is 1. The summed E-state index contributed by atoms with van der Waals surface area (Å²) in [6.07, 6.45) is 5.07. The second-order valence-corrected chi connectivity index (χ2v) is 6.07. The Bertz CT molecular complexity index is 545. The average Bonchev–Trinajstić information content (AvgIpc) is 2.89. The van der Waals surface area contributed by atoms with Gasteiger partial charge in [-0.1, -0.05) is 18.9 Å². The predicted molar refractivity (Wildman–Crippen MR) is 83.9 cm³/mol. The molecule has 0 amide bonds. The molecule has 1 saturated heterocycles. The van der Waals surface area contributed by atoms with Gasteiger partial charge >= 0.3 is 0 Å². The van der Waals surface area contributed by atoms with E-state index in [9.17, 15) is 0 Å². The number of rotatable bonds is 3. The van der Waals surface area contributed by atoms with Crippen molar-refractivity contribution in [3.63, 3.8) is 0 Å². The molecule has 4 nitrogen and oxygen atoms in total. The Kier molecular flexibility index (Phi) is 4.28. The minimum absolute atomic E-state index is 0.460. The first-order valence-electron chi connectivity index (χ1n) is 7.23. The van der Waals surface area contributed by atoms with Crippen molar-refractivity contribution in [1.29, 1.82) is 0 Å². The molecule has 2 N–H and O–H groups in total. The Labute approximate surface area is 123 Å². The van der Waals surface area contributed by atoms with Crippen molar-refractivity contribution < 1.29 is 0 Å². The molecule has 1 aliphatic heterocycles. The molecule has 3 heterocycles. The van der Waals surface area contributed by atoms with Gasteiger partial charge in [-0.3, -0.25) is 0 Å². The number of hydrogen-bond acceptors (Lipinski definition) is 5. The van der Waals surface area contributed by atoms with E-state index in [1.54, 1.807) is 11.3 Å². The molecule has 2 aromatic heterocycles. The monoisotopic (exact) mass is 288 g/mol.